The van der Waals surface area contributed by atoms with Gasteiger partial charge in [-0.05, 0) is 93.8 Å². The molecule has 210 valence electrons. The molecule has 4 heterocycles. The van der Waals surface area contributed by atoms with Gasteiger partial charge in [0.25, 0.3) is 0 Å². The molecule has 1 aliphatic carbocycles. The normalized spacial score (nSPS) is 23.8. The van der Waals surface area contributed by atoms with Gasteiger partial charge in [0.2, 0.25) is 0 Å². The van der Waals surface area contributed by atoms with Gasteiger partial charge in [0.15, 0.2) is 5.65 Å². The predicted octanol–water partition coefficient (Wildman–Crippen LogP) is 5.12. The Hall–Kier alpha value is -2.48. The molecule has 0 unspecified atom stereocenters. The smallest absolute Gasteiger partial charge is 0.160 e. The highest BCUT2D eigenvalue weighted by molar-refractivity contribution is 5.75. The molecule has 3 aliphatic rings. The molecule has 2 saturated heterocycles. The van der Waals surface area contributed by atoms with Crippen LogP contribution in [0.5, 0.6) is 0 Å². The monoisotopic (exact) mass is 530 g/mol. The minimum absolute atomic E-state index is 0.593. The average Bonchev–Trinajstić information content (AvgIpc) is 3.34. The van der Waals surface area contributed by atoms with Crippen molar-refractivity contribution in [3.63, 3.8) is 0 Å². The first-order valence-electron chi connectivity index (χ1n) is 15.4. The Morgan fingerprint density at radius 3 is 2.38 bits per heavy atom. The molecule has 0 atom stereocenters. The van der Waals surface area contributed by atoms with Crippen LogP contribution in [0.4, 0.5) is 5.69 Å². The number of anilines is 1. The Morgan fingerprint density at radius 1 is 0.923 bits per heavy atom. The zero-order valence-electron chi connectivity index (χ0n) is 23.9. The number of fused-ring (bicyclic) bond motifs is 1. The molecule has 6 rings (SSSR count). The van der Waals surface area contributed by atoms with Crippen LogP contribution in [0.3, 0.4) is 0 Å². The summed E-state index contributed by atoms with van der Waals surface area (Å²) in [7, 11) is 0. The summed E-state index contributed by atoms with van der Waals surface area (Å²) in [5.41, 5.74) is 5.75. The van der Waals surface area contributed by atoms with Gasteiger partial charge in [-0.3, -0.25) is 4.90 Å². The van der Waals surface area contributed by atoms with Gasteiger partial charge < -0.3 is 19.5 Å². The largest absolute Gasteiger partial charge is 0.382 e. The van der Waals surface area contributed by atoms with Crippen LogP contribution in [0.1, 0.15) is 62.4 Å². The van der Waals surface area contributed by atoms with E-state index in [1.807, 2.05) is 12.3 Å². The lowest BCUT2D eigenvalue weighted by molar-refractivity contribution is -0.000801. The van der Waals surface area contributed by atoms with Crippen LogP contribution in [0, 0.1) is 12.8 Å². The zero-order chi connectivity index (χ0) is 26.6. The number of aromatic nitrogens is 3. The second kappa shape index (κ2) is 12.4. The van der Waals surface area contributed by atoms with Crippen LogP contribution in [0.2, 0.25) is 0 Å². The van der Waals surface area contributed by atoms with Crippen molar-refractivity contribution >= 4 is 16.9 Å². The fourth-order valence-electron chi connectivity index (χ4n) is 7.01. The number of hydrogen-bond acceptors (Lipinski definition) is 6. The molecule has 0 amide bonds. The minimum Gasteiger partial charge on any atom is -0.382 e. The van der Waals surface area contributed by atoms with E-state index in [4.69, 9.17) is 9.72 Å². The minimum atomic E-state index is 0.593. The molecule has 7 nitrogen and oxygen atoms in total. The first kappa shape index (κ1) is 26.7. The van der Waals surface area contributed by atoms with E-state index >= 15 is 0 Å². The number of ether oxygens (including phenoxy) is 1. The molecule has 0 bridgehead atoms. The standard InChI is InChI=1S/C32H46N6O/c1-3-30-35-31-24(2)12-15-33-32(31)38(30)23-26-6-10-28(11-7-26)34-27-8-4-25(5-9-27)22-36-16-13-29(14-17-36)37-18-20-39-21-19-37/h6-7,10-12,15,25,27,29,34H,3-5,8-9,13-14,16-23H2,1-2H3/t25-,27+. The third kappa shape index (κ3) is 6.31. The van der Waals surface area contributed by atoms with E-state index in [0.29, 0.717) is 6.04 Å². The second-order valence-corrected chi connectivity index (χ2v) is 12.0. The van der Waals surface area contributed by atoms with Crippen molar-refractivity contribution in [1.29, 1.82) is 0 Å². The van der Waals surface area contributed by atoms with Gasteiger partial charge in [0.05, 0.1) is 19.8 Å². The summed E-state index contributed by atoms with van der Waals surface area (Å²) in [6.45, 7) is 13.0. The Bertz CT molecular complexity index is 1200. The molecular formula is C32H46N6O. The van der Waals surface area contributed by atoms with Crippen molar-refractivity contribution in [2.24, 2.45) is 5.92 Å². The number of benzene rings is 1. The van der Waals surface area contributed by atoms with Gasteiger partial charge in [-0.15, -0.1) is 0 Å². The van der Waals surface area contributed by atoms with Crippen LogP contribution < -0.4 is 5.32 Å². The highest BCUT2D eigenvalue weighted by atomic mass is 16.5. The molecule has 2 aromatic heterocycles. The summed E-state index contributed by atoms with van der Waals surface area (Å²) < 4.78 is 7.82. The van der Waals surface area contributed by atoms with Gasteiger partial charge in [-0.2, -0.15) is 0 Å². The van der Waals surface area contributed by atoms with Crippen LogP contribution in [0.15, 0.2) is 36.5 Å². The summed E-state index contributed by atoms with van der Waals surface area (Å²) in [4.78, 5) is 14.9. The summed E-state index contributed by atoms with van der Waals surface area (Å²) in [6, 6.07) is 12.4. The van der Waals surface area contributed by atoms with Gasteiger partial charge in [-0.25, -0.2) is 9.97 Å². The molecule has 3 aromatic rings. The molecule has 1 N–H and O–H groups in total. The van der Waals surface area contributed by atoms with Crippen molar-refractivity contribution in [2.75, 3.05) is 51.3 Å². The predicted molar refractivity (Wildman–Crippen MR) is 158 cm³/mol. The van der Waals surface area contributed by atoms with E-state index in [9.17, 15) is 0 Å². The summed E-state index contributed by atoms with van der Waals surface area (Å²) in [5, 5.41) is 3.83. The number of nitrogens with one attached hydrogen (secondary N) is 1. The Morgan fingerprint density at radius 2 is 1.67 bits per heavy atom. The fourth-order valence-corrected chi connectivity index (χ4v) is 7.01. The Kier molecular flexibility index (Phi) is 8.47. The van der Waals surface area contributed by atoms with Crippen LogP contribution in [-0.4, -0.2) is 82.4 Å². The van der Waals surface area contributed by atoms with Crippen LogP contribution >= 0.6 is 0 Å². The quantitative estimate of drug-likeness (QED) is 0.436. The third-order valence-electron chi connectivity index (χ3n) is 9.38. The number of piperidine rings is 1. The molecular weight excluding hydrogens is 484 g/mol. The SMILES string of the molecule is CCc1nc2c(C)ccnc2n1Cc1ccc(N[C@H]2CC[C@@H](CN3CCC(N4CCOCC4)CC3)CC2)cc1. The number of likely N-dealkylation sites (tertiary alicyclic amines) is 1. The highest BCUT2D eigenvalue weighted by Crippen LogP contribution is 2.29. The first-order chi connectivity index (χ1) is 19.2. The lowest BCUT2D eigenvalue weighted by Crippen LogP contribution is -2.49. The average molecular weight is 531 g/mol. The molecule has 2 aliphatic heterocycles. The molecule has 1 aromatic carbocycles. The van der Waals surface area contributed by atoms with Gasteiger partial charge >= 0.3 is 0 Å². The van der Waals surface area contributed by atoms with Crippen molar-refractivity contribution in [1.82, 2.24) is 24.3 Å². The van der Waals surface area contributed by atoms with E-state index in [0.717, 1.165) is 68.2 Å². The molecule has 1 saturated carbocycles. The van der Waals surface area contributed by atoms with Gasteiger partial charge in [0.1, 0.15) is 11.3 Å². The van der Waals surface area contributed by atoms with Crippen molar-refractivity contribution in [2.45, 2.75) is 77.4 Å². The van der Waals surface area contributed by atoms with E-state index in [2.05, 4.69) is 62.8 Å². The maximum atomic E-state index is 5.54. The summed E-state index contributed by atoms with van der Waals surface area (Å²) >= 11 is 0. The lowest BCUT2D eigenvalue weighted by Gasteiger charge is -2.41. The van der Waals surface area contributed by atoms with E-state index in [1.165, 1.54) is 75.0 Å². The van der Waals surface area contributed by atoms with Crippen molar-refractivity contribution in [3.8, 4) is 0 Å². The summed E-state index contributed by atoms with van der Waals surface area (Å²) in [5.74, 6) is 1.97. The number of rotatable bonds is 8. The molecule has 0 spiro atoms. The molecule has 7 heteroatoms. The number of aryl methyl sites for hydroxylation is 2. The number of pyridine rings is 1. The van der Waals surface area contributed by atoms with Crippen molar-refractivity contribution in [3.05, 3.63) is 53.5 Å². The van der Waals surface area contributed by atoms with Crippen LogP contribution in [0.25, 0.3) is 11.2 Å². The third-order valence-corrected chi connectivity index (χ3v) is 9.38. The highest BCUT2D eigenvalue weighted by Gasteiger charge is 2.28. The molecule has 39 heavy (non-hydrogen) atoms. The maximum Gasteiger partial charge on any atom is 0.160 e. The Labute approximate surface area is 233 Å². The zero-order valence-corrected chi connectivity index (χ0v) is 23.9. The number of nitrogens with zero attached hydrogens (tertiary/aromatic N) is 5. The maximum absolute atomic E-state index is 5.54. The summed E-state index contributed by atoms with van der Waals surface area (Å²) in [6.07, 6.45) is 10.7. The van der Waals surface area contributed by atoms with Crippen LogP contribution in [-0.2, 0) is 17.7 Å². The Balaban J connectivity index is 0.959. The fraction of sp³-hybridized carbons (Fsp3) is 0.625. The molecule has 0 radical (unpaired) electrons. The van der Waals surface area contributed by atoms with Gasteiger partial charge in [0, 0.05) is 50.0 Å². The topological polar surface area (TPSA) is 58.5 Å². The van der Waals surface area contributed by atoms with E-state index < -0.39 is 0 Å². The van der Waals surface area contributed by atoms with Gasteiger partial charge in [-0.1, -0.05) is 19.1 Å². The number of hydrogen-bond donors (Lipinski definition) is 1. The van der Waals surface area contributed by atoms with Crippen molar-refractivity contribution < 1.29 is 4.74 Å². The van der Waals surface area contributed by atoms with E-state index in [-0.39, 0.29) is 0 Å². The first-order valence-corrected chi connectivity index (χ1v) is 15.4. The lowest BCUT2D eigenvalue weighted by atomic mass is 9.85. The molecule has 3 fully saturated rings. The number of morpholine rings is 1. The number of imidazole rings is 1. The van der Waals surface area contributed by atoms with E-state index in [1.54, 1.807) is 0 Å². The second-order valence-electron chi connectivity index (χ2n) is 12.0.